The second-order valence-electron chi connectivity index (χ2n) is 3.56. The lowest BCUT2D eigenvalue weighted by molar-refractivity contribution is 0.284. The fourth-order valence-electron chi connectivity index (χ4n) is 2.11. The summed E-state index contributed by atoms with van der Waals surface area (Å²) in [5.74, 6) is 3.87. The van der Waals surface area contributed by atoms with Crippen LogP contribution in [0.3, 0.4) is 0 Å². The molecule has 0 spiro atoms. The molecule has 0 N–H and O–H groups in total. The summed E-state index contributed by atoms with van der Waals surface area (Å²) in [7, 11) is 1.13. The van der Waals surface area contributed by atoms with E-state index in [0.29, 0.717) is 0 Å². The second-order valence-corrected chi connectivity index (χ2v) is 6.89. The Morgan fingerprint density at radius 3 is 2.73 bits per heavy atom. The van der Waals surface area contributed by atoms with E-state index in [-0.39, 0.29) is 0 Å². The Hall–Kier alpha value is 0.500. The normalized spacial score (nSPS) is 44.9. The van der Waals surface area contributed by atoms with Gasteiger partial charge in [0.25, 0.3) is 0 Å². The molecule has 0 radical (unpaired) electrons. The van der Waals surface area contributed by atoms with Gasteiger partial charge in [-0.3, -0.25) is 0 Å². The SMILES string of the molecule is O=S1C[C@H]2CCCC[C@@H]2CS1. The summed E-state index contributed by atoms with van der Waals surface area (Å²) in [5.41, 5.74) is 0. The molecule has 0 aromatic carbocycles. The van der Waals surface area contributed by atoms with E-state index in [2.05, 4.69) is 0 Å². The smallest absolute Gasteiger partial charge is 0.0806 e. The summed E-state index contributed by atoms with van der Waals surface area (Å²) in [4.78, 5) is 0. The Balaban J connectivity index is 1.98. The highest BCUT2D eigenvalue weighted by Gasteiger charge is 2.30. The van der Waals surface area contributed by atoms with Gasteiger partial charge in [0.2, 0.25) is 0 Å². The molecule has 0 amide bonds. The second kappa shape index (κ2) is 3.48. The van der Waals surface area contributed by atoms with Crippen LogP contribution in [0.2, 0.25) is 0 Å². The Bertz CT molecular complexity index is 169. The van der Waals surface area contributed by atoms with Crippen molar-refractivity contribution in [1.29, 1.82) is 0 Å². The van der Waals surface area contributed by atoms with Crippen molar-refractivity contribution in [1.82, 2.24) is 0 Å². The molecule has 1 nitrogen and oxygen atoms in total. The molecule has 11 heavy (non-hydrogen) atoms. The monoisotopic (exact) mass is 190 g/mol. The Kier molecular flexibility index (Phi) is 2.57. The average Bonchev–Trinajstić information content (AvgIpc) is 2.04. The summed E-state index contributed by atoms with van der Waals surface area (Å²) in [5, 5.41) is 0. The first-order valence-corrected chi connectivity index (χ1v) is 7.20. The standard InChI is InChI=1S/C8H14OS2/c9-11-6-8-4-2-1-3-7(8)5-10-11/h7-8H,1-6H2/t7-,8-,11?/m1/s1. The van der Waals surface area contributed by atoms with E-state index in [4.69, 9.17) is 0 Å². The molecule has 2 fully saturated rings. The van der Waals surface area contributed by atoms with Crippen molar-refractivity contribution in [3.05, 3.63) is 0 Å². The molecule has 1 unspecified atom stereocenters. The number of hydrogen-bond acceptors (Lipinski definition) is 2. The molecule has 1 aliphatic carbocycles. The quantitative estimate of drug-likeness (QED) is 0.545. The Labute approximate surface area is 74.2 Å². The van der Waals surface area contributed by atoms with Crippen LogP contribution in [0, 0.1) is 11.8 Å². The average molecular weight is 190 g/mol. The molecule has 1 heterocycles. The van der Waals surface area contributed by atoms with E-state index in [9.17, 15) is 4.21 Å². The molecular weight excluding hydrogens is 176 g/mol. The summed E-state index contributed by atoms with van der Waals surface area (Å²) >= 11 is 0. The lowest BCUT2D eigenvalue weighted by Gasteiger charge is -2.34. The van der Waals surface area contributed by atoms with Gasteiger partial charge in [0.15, 0.2) is 0 Å². The predicted molar refractivity (Wildman–Crippen MR) is 50.9 cm³/mol. The van der Waals surface area contributed by atoms with Crippen LogP contribution in [0.15, 0.2) is 0 Å². The molecule has 0 aromatic heterocycles. The van der Waals surface area contributed by atoms with Crippen LogP contribution in [0.5, 0.6) is 0 Å². The van der Waals surface area contributed by atoms with Gasteiger partial charge in [-0.1, -0.05) is 23.6 Å². The maximum Gasteiger partial charge on any atom is 0.0806 e. The third-order valence-corrected chi connectivity index (χ3v) is 5.96. The lowest BCUT2D eigenvalue weighted by atomic mass is 9.81. The van der Waals surface area contributed by atoms with Gasteiger partial charge in [-0.15, -0.1) is 0 Å². The molecule has 2 rings (SSSR count). The van der Waals surface area contributed by atoms with Gasteiger partial charge in [-0.25, -0.2) is 4.21 Å². The van der Waals surface area contributed by atoms with Gasteiger partial charge in [0, 0.05) is 11.5 Å². The first kappa shape index (κ1) is 8.11. The summed E-state index contributed by atoms with van der Waals surface area (Å²) in [6.07, 6.45) is 5.53. The highest BCUT2D eigenvalue weighted by Crippen LogP contribution is 2.38. The Morgan fingerprint density at radius 2 is 1.91 bits per heavy atom. The highest BCUT2D eigenvalue weighted by molar-refractivity contribution is 8.69. The van der Waals surface area contributed by atoms with E-state index in [0.717, 1.165) is 23.3 Å². The predicted octanol–water partition coefficient (Wildman–Crippen LogP) is 2.20. The van der Waals surface area contributed by atoms with Crippen LogP contribution >= 0.6 is 10.8 Å². The van der Waals surface area contributed by atoms with E-state index < -0.39 is 9.83 Å². The van der Waals surface area contributed by atoms with Crippen molar-refractivity contribution in [2.45, 2.75) is 25.7 Å². The van der Waals surface area contributed by atoms with Crippen LogP contribution in [-0.4, -0.2) is 15.7 Å². The molecular formula is C8H14OS2. The molecule has 3 atom stereocenters. The zero-order chi connectivity index (χ0) is 7.68. The molecule has 64 valence electrons. The van der Waals surface area contributed by atoms with Gasteiger partial charge in [0.1, 0.15) is 0 Å². The lowest BCUT2D eigenvalue weighted by Crippen LogP contribution is -2.29. The van der Waals surface area contributed by atoms with Crippen molar-refractivity contribution < 1.29 is 4.21 Å². The zero-order valence-corrected chi connectivity index (χ0v) is 8.26. The summed E-state index contributed by atoms with van der Waals surface area (Å²) in [6.45, 7) is 0. The van der Waals surface area contributed by atoms with E-state index in [1.807, 2.05) is 0 Å². The largest absolute Gasteiger partial charge is 0.248 e. The van der Waals surface area contributed by atoms with Crippen molar-refractivity contribution in [2.75, 3.05) is 11.5 Å². The summed E-state index contributed by atoms with van der Waals surface area (Å²) < 4.78 is 11.2. The molecule has 2 aliphatic rings. The van der Waals surface area contributed by atoms with Crippen LogP contribution in [0.1, 0.15) is 25.7 Å². The van der Waals surface area contributed by atoms with Crippen molar-refractivity contribution in [3.63, 3.8) is 0 Å². The minimum atomic E-state index is -0.542. The van der Waals surface area contributed by atoms with E-state index >= 15 is 0 Å². The molecule has 1 saturated heterocycles. The topological polar surface area (TPSA) is 17.1 Å². The maximum atomic E-state index is 11.2. The van der Waals surface area contributed by atoms with Gasteiger partial charge in [-0.05, 0) is 24.7 Å². The first-order valence-electron chi connectivity index (χ1n) is 4.38. The van der Waals surface area contributed by atoms with Crippen LogP contribution in [-0.2, 0) is 9.83 Å². The number of hydrogen-bond donors (Lipinski definition) is 0. The van der Waals surface area contributed by atoms with Crippen LogP contribution in [0.4, 0.5) is 0 Å². The molecule has 1 saturated carbocycles. The van der Waals surface area contributed by atoms with E-state index in [1.54, 1.807) is 10.8 Å². The fraction of sp³-hybridized carbons (Fsp3) is 1.00. The summed E-state index contributed by atoms with van der Waals surface area (Å²) in [6, 6.07) is 0. The van der Waals surface area contributed by atoms with Crippen molar-refractivity contribution in [3.8, 4) is 0 Å². The van der Waals surface area contributed by atoms with Gasteiger partial charge in [-0.2, -0.15) is 0 Å². The number of rotatable bonds is 0. The fourth-order valence-corrected chi connectivity index (χ4v) is 5.55. The van der Waals surface area contributed by atoms with E-state index in [1.165, 1.54) is 25.7 Å². The third-order valence-electron chi connectivity index (χ3n) is 2.83. The van der Waals surface area contributed by atoms with Crippen LogP contribution in [0.25, 0.3) is 0 Å². The zero-order valence-electron chi connectivity index (χ0n) is 6.62. The van der Waals surface area contributed by atoms with Gasteiger partial charge < -0.3 is 0 Å². The van der Waals surface area contributed by atoms with Crippen molar-refractivity contribution in [2.24, 2.45) is 11.8 Å². The highest BCUT2D eigenvalue weighted by atomic mass is 33.1. The van der Waals surface area contributed by atoms with Gasteiger partial charge >= 0.3 is 0 Å². The molecule has 0 aromatic rings. The molecule has 3 heteroatoms. The number of fused-ring (bicyclic) bond motifs is 1. The molecule has 0 bridgehead atoms. The first-order chi connectivity index (χ1) is 5.36. The minimum absolute atomic E-state index is 0.542. The van der Waals surface area contributed by atoms with Gasteiger partial charge in [0.05, 0.1) is 9.83 Å². The van der Waals surface area contributed by atoms with Crippen molar-refractivity contribution >= 4 is 20.6 Å². The third kappa shape index (κ3) is 1.81. The minimum Gasteiger partial charge on any atom is -0.248 e. The molecule has 1 aliphatic heterocycles. The maximum absolute atomic E-state index is 11.2. The Morgan fingerprint density at radius 1 is 1.18 bits per heavy atom. The van der Waals surface area contributed by atoms with Crippen LogP contribution < -0.4 is 0 Å².